The summed E-state index contributed by atoms with van der Waals surface area (Å²) >= 11 is 0. The van der Waals surface area contributed by atoms with Gasteiger partial charge in [-0.2, -0.15) is 0 Å². The number of likely N-dealkylation sites (tertiary alicyclic amines) is 1. The average Bonchev–Trinajstić information content (AvgIpc) is 2.51. The Morgan fingerprint density at radius 2 is 2.13 bits per heavy atom. The number of carboxylic acid groups (broad SMARTS) is 1. The summed E-state index contributed by atoms with van der Waals surface area (Å²) in [5.74, 6) is -1.36. The number of carbonyl (C=O) groups is 2. The number of urea groups is 1. The third-order valence-corrected chi connectivity index (χ3v) is 3.91. The molecule has 126 valence electrons. The van der Waals surface area contributed by atoms with Crippen LogP contribution in [-0.2, 0) is 11.3 Å². The largest absolute Gasteiger partial charge is 0.497 e. The molecule has 0 bridgehead atoms. The number of nitrogens with one attached hydrogen (secondary N) is 1. The lowest BCUT2D eigenvalue weighted by atomic mass is 9.91. The summed E-state index contributed by atoms with van der Waals surface area (Å²) in [5, 5.41) is 11.8. The number of hydrogen-bond donors (Lipinski definition) is 2. The van der Waals surface area contributed by atoms with Gasteiger partial charge in [0.15, 0.2) is 0 Å². The molecule has 1 aliphatic heterocycles. The minimum Gasteiger partial charge on any atom is -0.497 e. The number of methoxy groups -OCH3 is 1. The molecule has 2 amide bonds. The van der Waals surface area contributed by atoms with E-state index in [1.165, 1.54) is 24.1 Å². The van der Waals surface area contributed by atoms with E-state index in [9.17, 15) is 14.0 Å². The van der Waals surface area contributed by atoms with Gasteiger partial charge in [0, 0.05) is 25.7 Å². The van der Waals surface area contributed by atoms with E-state index in [0.717, 1.165) is 0 Å². The molecule has 1 fully saturated rings. The number of halogens is 1. The van der Waals surface area contributed by atoms with Crippen LogP contribution in [-0.4, -0.2) is 42.2 Å². The molecule has 1 aromatic carbocycles. The highest BCUT2D eigenvalue weighted by atomic mass is 19.1. The minimum atomic E-state index is -0.885. The maximum absolute atomic E-state index is 13.4. The number of amides is 2. The molecule has 2 rings (SSSR count). The van der Waals surface area contributed by atoms with Gasteiger partial charge in [-0.25, -0.2) is 9.18 Å². The summed E-state index contributed by atoms with van der Waals surface area (Å²) in [4.78, 5) is 24.9. The number of hydrogen-bond acceptors (Lipinski definition) is 3. The van der Waals surface area contributed by atoms with Gasteiger partial charge in [-0.15, -0.1) is 0 Å². The van der Waals surface area contributed by atoms with E-state index in [0.29, 0.717) is 24.3 Å². The van der Waals surface area contributed by atoms with E-state index in [1.807, 2.05) is 6.92 Å². The van der Waals surface area contributed by atoms with Crippen molar-refractivity contribution in [2.24, 2.45) is 11.8 Å². The third kappa shape index (κ3) is 4.58. The lowest BCUT2D eigenvalue weighted by Crippen LogP contribution is -2.49. The van der Waals surface area contributed by atoms with E-state index in [4.69, 9.17) is 9.84 Å². The lowest BCUT2D eigenvalue weighted by Gasteiger charge is -2.34. The van der Waals surface area contributed by atoms with Crippen molar-refractivity contribution < 1.29 is 23.8 Å². The Bertz CT molecular complexity index is 593. The Labute approximate surface area is 134 Å². The quantitative estimate of drug-likeness (QED) is 0.889. The van der Waals surface area contributed by atoms with Crippen LogP contribution in [0.3, 0.4) is 0 Å². The maximum atomic E-state index is 13.4. The molecule has 2 atom stereocenters. The molecule has 1 heterocycles. The first-order chi connectivity index (χ1) is 10.9. The normalized spacial score (nSPS) is 20.9. The second-order valence-electron chi connectivity index (χ2n) is 5.94. The summed E-state index contributed by atoms with van der Waals surface area (Å²) in [6, 6.07) is 3.88. The minimum absolute atomic E-state index is 0.130. The highest BCUT2D eigenvalue weighted by molar-refractivity contribution is 5.76. The molecule has 23 heavy (non-hydrogen) atoms. The van der Waals surface area contributed by atoms with Crippen LogP contribution in [0.5, 0.6) is 5.75 Å². The van der Waals surface area contributed by atoms with Crippen LogP contribution in [0.1, 0.15) is 18.9 Å². The molecule has 1 aromatic rings. The van der Waals surface area contributed by atoms with Crippen molar-refractivity contribution >= 4 is 12.0 Å². The van der Waals surface area contributed by atoms with Gasteiger partial charge < -0.3 is 20.1 Å². The Hall–Kier alpha value is -2.31. The standard InChI is InChI=1S/C16H21FN2O4/c1-10-3-12(15(20)21)9-19(8-10)16(22)18-7-11-4-13(17)6-14(5-11)23-2/h4-6,10,12H,3,7-9H2,1-2H3,(H,18,22)(H,20,21). The predicted octanol–water partition coefficient (Wildman–Crippen LogP) is 2.09. The smallest absolute Gasteiger partial charge is 0.317 e. The SMILES string of the molecule is COc1cc(F)cc(CNC(=O)N2CC(C)CC(C(=O)O)C2)c1. The Morgan fingerprint density at radius 3 is 2.78 bits per heavy atom. The zero-order valence-corrected chi connectivity index (χ0v) is 13.2. The van der Waals surface area contributed by atoms with Crippen molar-refractivity contribution in [1.29, 1.82) is 0 Å². The van der Waals surface area contributed by atoms with Crippen molar-refractivity contribution in [2.45, 2.75) is 19.9 Å². The van der Waals surface area contributed by atoms with Crippen LogP contribution < -0.4 is 10.1 Å². The highest BCUT2D eigenvalue weighted by Crippen LogP contribution is 2.22. The van der Waals surface area contributed by atoms with Gasteiger partial charge in [0.05, 0.1) is 13.0 Å². The van der Waals surface area contributed by atoms with Gasteiger partial charge in [0.1, 0.15) is 11.6 Å². The second-order valence-corrected chi connectivity index (χ2v) is 5.94. The lowest BCUT2D eigenvalue weighted by molar-refractivity contribution is -0.143. The molecule has 7 heteroatoms. The summed E-state index contributed by atoms with van der Waals surface area (Å²) in [6.07, 6.45) is 0.570. The monoisotopic (exact) mass is 324 g/mol. The number of carboxylic acids is 1. The van der Waals surface area contributed by atoms with Gasteiger partial charge in [-0.1, -0.05) is 6.92 Å². The number of rotatable bonds is 4. The Morgan fingerprint density at radius 1 is 1.39 bits per heavy atom. The fraction of sp³-hybridized carbons (Fsp3) is 0.500. The number of piperidine rings is 1. The van der Waals surface area contributed by atoms with E-state index in [1.54, 1.807) is 6.07 Å². The first-order valence-corrected chi connectivity index (χ1v) is 7.48. The van der Waals surface area contributed by atoms with Gasteiger partial charge in [0.2, 0.25) is 0 Å². The summed E-state index contributed by atoms with van der Waals surface area (Å²) in [7, 11) is 1.44. The topological polar surface area (TPSA) is 78.9 Å². The van der Waals surface area contributed by atoms with Gasteiger partial charge in [-0.3, -0.25) is 4.79 Å². The second kappa shape index (κ2) is 7.30. The van der Waals surface area contributed by atoms with Crippen LogP contribution in [0.25, 0.3) is 0 Å². The van der Waals surface area contributed by atoms with Gasteiger partial charge in [-0.05, 0) is 30.0 Å². The summed E-state index contributed by atoms with van der Waals surface area (Å²) in [5.41, 5.74) is 0.579. The first-order valence-electron chi connectivity index (χ1n) is 7.48. The van der Waals surface area contributed by atoms with Crippen LogP contribution >= 0.6 is 0 Å². The highest BCUT2D eigenvalue weighted by Gasteiger charge is 2.31. The zero-order valence-electron chi connectivity index (χ0n) is 13.2. The summed E-state index contributed by atoms with van der Waals surface area (Å²) < 4.78 is 18.4. The molecule has 0 saturated carbocycles. The molecule has 0 spiro atoms. The van der Waals surface area contributed by atoms with E-state index in [-0.39, 0.29) is 25.0 Å². The molecular formula is C16H21FN2O4. The van der Waals surface area contributed by atoms with Gasteiger partial charge >= 0.3 is 12.0 Å². The van der Waals surface area contributed by atoms with Gasteiger partial charge in [0.25, 0.3) is 0 Å². The fourth-order valence-electron chi connectivity index (χ4n) is 2.83. The van der Waals surface area contributed by atoms with Crippen molar-refractivity contribution in [3.05, 3.63) is 29.6 Å². The number of nitrogens with zero attached hydrogens (tertiary/aromatic N) is 1. The van der Waals surface area contributed by atoms with Crippen molar-refractivity contribution in [1.82, 2.24) is 10.2 Å². The first kappa shape index (κ1) is 17.1. The Kier molecular flexibility index (Phi) is 5.41. The molecule has 0 radical (unpaired) electrons. The average molecular weight is 324 g/mol. The van der Waals surface area contributed by atoms with E-state index in [2.05, 4.69) is 5.32 Å². The molecule has 1 aliphatic rings. The van der Waals surface area contributed by atoms with Crippen LogP contribution in [0, 0.1) is 17.7 Å². The molecule has 2 unspecified atom stereocenters. The zero-order chi connectivity index (χ0) is 17.0. The fourth-order valence-corrected chi connectivity index (χ4v) is 2.83. The predicted molar refractivity (Wildman–Crippen MR) is 81.7 cm³/mol. The van der Waals surface area contributed by atoms with Crippen molar-refractivity contribution in [3.63, 3.8) is 0 Å². The van der Waals surface area contributed by atoms with Crippen LogP contribution in [0.4, 0.5) is 9.18 Å². The Balaban J connectivity index is 1.96. The number of ether oxygens (including phenoxy) is 1. The molecular weight excluding hydrogens is 303 g/mol. The number of benzene rings is 1. The molecule has 0 aliphatic carbocycles. The number of aliphatic carboxylic acids is 1. The molecule has 0 aromatic heterocycles. The molecule has 6 nitrogen and oxygen atoms in total. The van der Waals surface area contributed by atoms with Crippen molar-refractivity contribution in [2.75, 3.05) is 20.2 Å². The van der Waals surface area contributed by atoms with Crippen LogP contribution in [0.2, 0.25) is 0 Å². The molecule has 1 saturated heterocycles. The number of carbonyl (C=O) groups excluding carboxylic acids is 1. The van der Waals surface area contributed by atoms with Crippen molar-refractivity contribution in [3.8, 4) is 5.75 Å². The maximum Gasteiger partial charge on any atom is 0.317 e. The van der Waals surface area contributed by atoms with E-state index >= 15 is 0 Å². The molecule has 2 N–H and O–H groups in total. The van der Waals surface area contributed by atoms with Crippen LogP contribution in [0.15, 0.2) is 18.2 Å². The van der Waals surface area contributed by atoms with E-state index < -0.39 is 17.7 Å². The summed E-state index contributed by atoms with van der Waals surface area (Å²) in [6.45, 7) is 2.78. The third-order valence-electron chi connectivity index (χ3n) is 3.91.